The molecule has 0 spiro atoms. The maximum atomic E-state index is 13.1. The minimum atomic E-state index is -0.264. The highest BCUT2D eigenvalue weighted by atomic mass is 16.5. The molecule has 28 heavy (non-hydrogen) atoms. The number of carbonyl (C=O) groups excluding carboxylic acids is 2. The number of carbonyl (C=O) groups is 2. The summed E-state index contributed by atoms with van der Waals surface area (Å²) < 4.78 is 5.57. The van der Waals surface area contributed by atoms with Crippen LogP contribution in [0.1, 0.15) is 76.8 Å². The molecule has 1 N–H and O–H groups in total. The van der Waals surface area contributed by atoms with Crippen LogP contribution in [0.25, 0.3) is 0 Å². The van der Waals surface area contributed by atoms with Gasteiger partial charge in [0.25, 0.3) is 0 Å². The third-order valence-corrected chi connectivity index (χ3v) is 5.58. The van der Waals surface area contributed by atoms with Crippen molar-refractivity contribution in [1.29, 1.82) is 0 Å². The summed E-state index contributed by atoms with van der Waals surface area (Å²) in [5.74, 6) is 0.694. The molecule has 2 amide bonds. The van der Waals surface area contributed by atoms with Crippen LogP contribution < -0.4 is 10.1 Å². The molecule has 0 saturated carbocycles. The number of likely N-dealkylation sites (tertiary alicyclic amines) is 1. The molecule has 0 radical (unpaired) electrons. The molecule has 2 rings (SSSR count). The van der Waals surface area contributed by atoms with Gasteiger partial charge in [0.15, 0.2) is 0 Å². The first kappa shape index (κ1) is 22.3. The van der Waals surface area contributed by atoms with Crippen molar-refractivity contribution in [2.45, 2.75) is 71.3 Å². The molecule has 156 valence electrons. The monoisotopic (exact) mass is 388 g/mol. The topological polar surface area (TPSA) is 58.6 Å². The first-order valence-electron chi connectivity index (χ1n) is 10.8. The van der Waals surface area contributed by atoms with E-state index in [-0.39, 0.29) is 23.8 Å². The average molecular weight is 389 g/mol. The van der Waals surface area contributed by atoms with Crippen LogP contribution in [0.3, 0.4) is 0 Å². The lowest BCUT2D eigenvalue weighted by Gasteiger charge is -2.41. The molecular weight excluding hydrogens is 352 g/mol. The number of nitrogens with one attached hydrogen (secondary N) is 1. The number of hydrogen-bond acceptors (Lipinski definition) is 3. The van der Waals surface area contributed by atoms with E-state index in [4.69, 9.17) is 4.74 Å². The Hall–Kier alpha value is -2.04. The minimum absolute atomic E-state index is 0.0569. The van der Waals surface area contributed by atoms with Gasteiger partial charge in [0.2, 0.25) is 11.8 Å². The molecule has 0 aliphatic carbocycles. The van der Waals surface area contributed by atoms with E-state index in [1.54, 1.807) is 7.11 Å². The first-order valence-corrected chi connectivity index (χ1v) is 10.8. The zero-order chi connectivity index (χ0) is 20.4. The number of methoxy groups -OCH3 is 1. The van der Waals surface area contributed by atoms with E-state index in [1.165, 1.54) is 12.8 Å². The highest BCUT2D eigenvalue weighted by Crippen LogP contribution is 2.40. The van der Waals surface area contributed by atoms with Crippen molar-refractivity contribution in [3.8, 4) is 5.75 Å². The highest BCUT2D eigenvalue weighted by Gasteiger charge is 2.41. The van der Waals surface area contributed by atoms with Crippen molar-refractivity contribution in [1.82, 2.24) is 10.2 Å². The number of hydrogen-bond donors (Lipinski definition) is 1. The summed E-state index contributed by atoms with van der Waals surface area (Å²) in [6.45, 7) is 5.68. The van der Waals surface area contributed by atoms with E-state index >= 15 is 0 Å². The molecule has 0 aromatic heterocycles. The van der Waals surface area contributed by atoms with Crippen LogP contribution in [0.5, 0.6) is 5.75 Å². The van der Waals surface area contributed by atoms with Gasteiger partial charge in [-0.2, -0.15) is 0 Å². The van der Waals surface area contributed by atoms with Crippen molar-refractivity contribution in [3.63, 3.8) is 0 Å². The lowest BCUT2D eigenvalue weighted by atomic mass is 9.83. The van der Waals surface area contributed by atoms with Crippen molar-refractivity contribution >= 4 is 11.8 Å². The largest absolute Gasteiger partial charge is 0.496 e. The molecule has 5 heteroatoms. The second-order valence-corrected chi connectivity index (χ2v) is 7.62. The lowest BCUT2D eigenvalue weighted by Crippen LogP contribution is -2.48. The van der Waals surface area contributed by atoms with Gasteiger partial charge in [-0.1, -0.05) is 57.7 Å². The summed E-state index contributed by atoms with van der Waals surface area (Å²) in [6, 6.07) is 7.51. The Morgan fingerprint density at radius 2 is 1.89 bits per heavy atom. The van der Waals surface area contributed by atoms with Gasteiger partial charge in [0, 0.05) is 25.1 Å². The summed E-state index contributed by atoms with van der Waals surface area (Å²) >= 11 is 0. The fourth-order valence-corrected chi connectivity index (χ4v) is 4.01. The quantitative estimate of drug-likeness (QED) is 0.569. The maximum Gasteiger partial charge on any atom is 0.225 e. The van der Waals surface area contributed by atoms with Gasteiger partial charge in [-0.15, -0.1) is 0 Å². The van der Waals surface area contributed by atoms with Gasteiger partial charge in [-0.25, -0.2) is 0 Å². The third kappa shape index (κ3) is 5.73. The van der Waals surface area contributed by atoms with Crippen LogP contribution in [0, 0.1) is 5.92 Å². The number of amides is 2. The summed E-state index contributed by atoms with van der Waals surface area (Å²) in [5.41, 5.74) is 0.931. The molecule has 1 saturated heterocycles. The molecule has 1 aliphatic rings. The maximum absolute atomic E-state index is 13.1. The van der Waals surface area contributed by atoms with Crippen LogP contribution in [0.15, 0.2) is 24.3 Å². The number of nitrogens with zero attached hydrogens (tertiary/aromatic N) is 1. The Balaban J connectivity index is 2.23. The minimum Gasteiger partial charge on any atom is -0.496 e. The Bertz CT molecular complexity index is 632. The summed E-state index contributed by atoms with van der Waals surface area (Å²) in [5, 5.41) is 3.12. The van der Waals surface area contributed by atoms with Crippen LogP contribution in [-0.2, 0) is 9.59 Å². The molecule has 2 atom stereocenters. The molecule has 0 bridgehead atoms. The summed E-state index contributed by atoms with van der Waals surface area (Å²) in [4.78, 5) is 27.7. The highest BCUT2D eigenvalue weighted by molar-refractivity contribution is 5.85. The van der Waals surface area contributed by atoms with Gasteiger partial charge < -0.3 is 15.0 Å². The molecular formula is C23H36N2O3. The molecule has 1 aromatic rings. The van der Waals surface area contributed by atoms with Crippen LogP contribution >= 0.6 is 0 Å². The standard InChI is InChI=1S/C23H36N2O3/c1-4-6-8-11-16-24-23(27)19-14-15-21(26)25(17-7-5-2)22(19)18-12-9-10-13-20(18)28-3/h9-10,12-13,19,22H,4-8,11,14-17H2,1-3H3,(H,24,27). The molecule has 1 aliphatic heterocycles. The average Bonchev–Trinajstić information content (AvgIpc) is 2.72. The lowest BCUT2D eigenvalue weighted by molar-refractivity contribution is -0.143. The van der Waals surface area contributed by atoms with Crippen molar-refractivity contribution in [2.75, 3.05) is 20.2 Å². The number of piperidine rings is 1. The first-order chi connectivity index (χ1) is 13.6. The van der Waals surface area contributed by atoms with Gasteiger partial charge in [0.05, 0.1) is 19.1 Å². The Kier molecular flexibility index (Phi) is 9.32. The molecule has 2 unspecified atom stereocenters. The normalized spacial score (nSPS) is 19.5. The number of unbranched alkanes of at least 4 members (excludes halogenated alkanes) is 4. The molecule has 5 nitrogen and oxygen atoms in total. The van der Waals surface area contributed by atoms with Gasteiger partial charge in [0.1, 0.15) is 5.75 Å². The number of rotatable bonds is 11. The van der Waals surface area contributed by atoms with E-state index in [1.807, 2.05) is 29.2 Å². The van der Waals surface area contributed by atoms with E-state index in [2.05, 4.69) is 19.2 Å². The predicted octanol–water partition coefficient (Wildman–Crippen LogP) is 4.47. The second-order valence-electron chi connectivity index (χ2n) is 7.62. The number of para-hydroxylation sites is 1. The summed E-state index contributed by atoms with van der Waals surface area (Å²) in [7, 11) is 1.64. The summed E-state index contributed by atoms with van der Waals surface area (Å²) in [6.07, 6.45) is 7.49. The van der Waals surface area contributed by atoms with Crippen molar-refractivity contribution in [2.24, 2.45) is 5.92 Å². The van der Waals surface area contributed by atoms with E-state index in [0.717, 1.165) is 37.0 Å². The van der Waals surface area contributed by atoms with Crippen molar-refractivity contribution in [3.05, 3.63) is 29.8 Å². The van der Waals surface area contributed by atoms with Gasteiger partial charge >= 0.3 is 0 Å². The van der Waals surface area contributed by atoms with Crippen LogP contribution in [0.4, 0.5) is 0 Å². The Morgan fingerprint density at radius 1 is 1.14 bits per heavy atom. The zero-order valence-electron chi connectivity index (χ0n) is 17.7. The molecule has 1 heterocycles. The fourth-order valence-electron chi connectivity index (χ4n) is 4.01. The van der Waals surface area contributed by atoms with E-state index in [9.17, 15) is 9.59 Å². The van der Waals surface area contributed by atoms with Gasteiger partial charge in [-0.3, -0.25) is 9.59 Å². The van der Waals surface area contributed by atoms with Gasteiger partial charge in [-0.05, 0) is 25.3 Å². The fraction of sp³-hybridized carbons (Fsp3) is 0.652. The van der Waals surface area contributed by atoms with E-state index < -0.39 is 0 Å². The molecule has 1 fully saturated rings. The predicted molar refractivity (Wildman–Crippen MR) is 112 cm³/mol. The molecule has 1 aromatic carbocycles. The van der Waals surface area contributed by atoms with Crippen LogP contribution in [0.2, 0.25) is 0 Å². The Labute approximate surface area is 169 Å². The second kappa shape index (κ2) is 11.7. The van der Waals surface area contributed by atoms with Crippen LogP contribution in [-0.4, -0.2) is 36.9 Å². The van der Waals surface area contributed by atoms with E-state index in [0.29, 0.717) is 25.9 Å². The SMILES string of the molecule is CCCCCCNC(=O)C1CCC(=O)N(CCCC)C1c1ccccc1OC. The zero-order valence-corrected chi connectivity index (χ0v) is 17.7. The third-order valence-electron chi connectivity index (χ3n) is 5.58. The smallest absolute Gasteiger partial charge is 0.225 e. The Morgan fingerprint density at radius 3 is 2.61 bits per heavy atom. The number of benzene rings is 1. The number of ether oxygens (including phenoxy) is 1. The van der Waals surface area contributed by atoms with Crippen molar-refractivity contribution < 1.29 is 14.3 Å².